The number of furan rings is 1. The summed E-state index contributed by atoms with van der Waals surface area (Å²) in [6.45, 7) is 5.82. The Morgan fingerprint density at radius 3 is 2.40 bits per heavy atom. The predicted molar refractivity (Wildman–Crippen MR) is 77.2 cm³/mol. The van der Waals surface area contributed by atoms with Gasteiger partial charge in [0, 0.05) is 19.2 Å². The molecule has 0 amide bonds. The van der Waals surface area contributed by atoms with Gasteiger partial charge in [0.2, 0.25) is 15.8 Å². The summed E-state index contributed by atoms with van der Waals surface area (Å²) >= 11 is 2.95. The number of carboxylic acids is 1. The third-order valence-electron chi connectivity index (χ3n) is 2.96. The van der Waals surface area contributed by atoms with E-state index in [0.717, 1.165) is 6.07 Å². The minimum absolute atomic E-state index is 0.0986. The number of sulfonamides is 1. The summed E-state index contributed by atoms with van der Waals surface area (Å²) < 4.78 is 30.9. The maximum atomic E-state index is 12.5. The molecule has 0 fully saturated rings. The molecule has 0 spiro atoms. The fourth-order valence-electron chi connectivity index (χ4n) is 1.86. The van der Waals surface area contributed by atoms with Crippen molar-refractivity contribution in [3.63, 3.8) is 0 Å². The first kappa shape index (κ1) is 17.2. The van der Waals surface area contributed by atoms with Gasteiger partial charge in [-0.2, -0.15) is 4.31 Å². The van der Waals surface area contributed by atoms with Gasteiger partial charge in [-0.15, -0.1) is 0 Å². The van der Waals surface area contributed by atoms with Crippen LogP contribution in [-0.4, -0.2) is 36.9 Å². The highest BCUT2D eigenvalue weighted by atomic mass is 79.9. The van der Waals surface area contributed by atoms with Gasteiger partial charge in [-0.1, -0.05) is 13.8 Å². The van der Waals surface area contributed by atoms with E-state index < -0.39 is 21.8 Å². The Morgan fingerprint density at radius 2 is 2.00 bits per heavy atom. The average Bonchev–Trinajstić information content (AvgIpc) is 2.70. The summed E-state index contributed by atoms with van der Waals surface area (Å²) in [6, 6.07) is 0.815. The molecular formula is C12H18BrNO5S. The van der Waals surface area contributed by atoms with E-state index in [1.807, 2.05) is 20.8 Å². The third kappa shape index (κ3) is 3.62. The minimum atomic E-state index is -3.80. The number of hydrogen-bond acceptors (Lipinski definition) is 4. The van der Waals surface area contributed by atoms with Gasteiger partial charge in [0.05, 0.1) is 0 Å². The second kappa shape index (κ2) is 6.28. The zero-order chi connectivity index (χ0) is 15.7. The lowest BCUT2D eigenvalue weighted by molar-refractivity contribution is 0.0661. The molecule has 8 heteroatoms. The van der Waals surface area contributed by atoms with Crippen LogP contribution < -0.4 is 0 Å². The molecule has 0 aliphatic rings. The van der Waals surface area contributed by atoms with Crippen LogP contribution in [0.2, 0.25) is 0 Å². The molecule has 1 atom stereocenters. The maximum Gasteiger partial charge on any atom is 0.371 e. The highest BCUT2D eigenvalue weighted by molar-refractivity contribution is 9.10. The number of carbonyl (C=O) groups is 1. The molecule has 6 nitrogen and oxygen atoms in total. The highest BCUT2D eigenvalue weighted by Crippen LogP contribution is 2.29. The highest BCUT2D eigenvalue weighted by Gasteiger charge is 2.31. The van der Waals surface area contributed by atoms with E-state index in [2.05, 4.69) is 15.9 Å². The molecule has 20 heavy (non-hydrogen) atoms. The molecule has 0 aromatic carbocycles. The van der Waals surface area contributed by atoms with Crippen LogP contribution in [-0.2, 0) is 10.0 Å². The molecule has 0 aliphatic heterocycles. The number of nitrogens with zero attached hydrogens (tertiary/aromatic N) is 1. The summed E-state index contributed by atoms with van der Waals surface area (Å²) in [4.78, 5) is 10.6. The monoisotopic (exact) mass is 367 g/mol. The largest absolute Gasteiger partial charge is 0.475 e. The lowest BCUT2D eigenvalue weighted by atomic mass is 10.1. The summed E-state index contributed by atoms with van der Waals surface area (Å²) in [6.07, 6.45) is 0.705. The standard InChI is InChI=1S/C12H18BrNO5S/c1-7(2)5-8(3)14(4)20(17,18)10-6-9(12(15)16)19-11(10)13/h6-8H,5H2,1-4H3,(H,15,16). The Kier molecular flexibility index (Phi) is 5.39. The van der Waals surface area contributed by atoms with Crippen LogP contribution in [0.4, 0.5) is 0 Å². The van der Waals surface area contributed by atoms with Crippen molar-refractivity contribution < 1.29 is 22.7 Å². The Morgan fingerprint density at radius 1 is 1.45 bits per heavy atom. The van der Waals surface area contributed by atoms with Gasteiger partial charge in [0.1, 0.15) is 4.90 Å². The van der Waals surface area contributed by atoms with E-state index in [1.165, 1.54) is 11.4 Å². The molecule has 0 aliphatic carbocycles. The zero-order valence-corrected chi connectivity index (χ0v) is 14.2. The lowest BCUT2D eigenvalue weighted by Crippen LogP contribution is -2.35. The topological polar surface area (TPSA) is 87.8 Å². The van der Waals surface area contributed by atoms with E-state index >= 15 is 0 Å². The Labute approximate surface area is 126 Å². The van der Waals surface area contributed by atoms with E-state index in [1.54, 1.807) is 0 Å². The van der Waals surface area contributed by atoms with E-state index in [0.29, 0.717) is 12.3 Å². The molecular weight excluding hydrogens is 350 g/mol. The van der Waals surface area contributed by atoms with Crippen LogP contribution in [0.1, 0.15) is 37.7 Å². The van der Waals surface area contributed by atoms with Crippen molar-refractivity contribution in [1.82, 2.24) is 4.31 Å². The number of rotatable bonds is 6. The van der Waals surface area contributed by atoms with Crippen LogP contribution in [0, 0.1) is 5.92 Å². The first-order chi connectivity index (χ1) is 9.07. The summed E-state index contributed by atoms with van der Waals surface area (Å²) in [5.41, 5.74) is 0. The van der Waals surface area contributed by atoms with Gasteiger partial charge in [0.15, 0.2) is 4.67 Å². The van der Waals surface area contributed by atoms with E-state index in [4.69, 9.17) is 9.52 Å². The number of halogens is 1. The molecule has 0 radical (unpaired) electrons. The van der Waals surface area contributed by atoms with Crippen molar-refractivity contribution in [2.75, 3.05) is 7.05 Å². The number of carboxylic acid groups (broad SMARTS) is 1. The van der Waals surface area contributed by atoms with Gasteiger partial charge in [-0.3, -0.25) is 0 Å². The van der Waals surface area contributed by atoms with Crippen molar-refractivity contribution in [2.24, 2.45) is 5.92 Å². The average molecular weight is 368 g/mol. The summed E-state index contributed by atoms with van der Waals surface area (Å²) in [5, 5.41) is 8.83. The van der Waals surface area contributed by atoms with Crippen LogP contribution in [0.3, 0.4) is 0 Å². The zero-order valence-electron chi connectivity index (χ0n) is 11.8. The van der Waals surface area contributed by atoms with E-state index in [9.17, 15) is 13.2 Å². The smallest absolute Gasteiger partial charge is 0.371 e. The number of hydrogen-bond donors (Lipinski definition) is 1. The molecule has 1 aromatic heterocycles. The molecule has 1 aromatic rings. The Bertz CT molecular complexity index is 593. The molecule has 1 N–H and O–H groups in total. The van der Waals surface area contributed by atoms with Gasteiger partial charge in [-0.05, 0) is 35.2 Å². The van der Waals surface area contributed by atoms with Crippen molar-refractivity contribution in [3.8, 4) is 0 Å². The van der Waals surface area contributed by atoms with Gasteiger partial charge in [-0.25, -0.2) is 13.2 Å². The van der Waals surface area contributed by atoms with Crippen molar-refractivity contribution in [2.45, 2.75) is 38.1 Å². The van der Waals surface area contributed by atoms with Gasteiger partial charge in [0.25, 0.3) is 0 Å². The maximum absolute atomic E-state index is 12.5. The van der Waals surface area contributed by atoms with Crippen molar-refractivity contribution >= 4 is 31.9 Å². The van der Waals surface area contributed by atoms with Crippen molar-refractivity contribution in [1.29, 1.82) is 0 Å². The van der Waals surface area contributed by atoms with Crippen molar-refractivity contribution in [3.05, 3.63) is 16.5 Å². The van der Waals surface area contributed by atoms with Gasteiger partial charge < -0.3 is 9.52 Å². The normalized spacial score (nSPS) is 13.9. The Hall–Kier alpha value is -0.860. The molecule has 1 unspecified atom stereocenters. The van der Waals surface area contributed by atoms with Gasteiger partial charge >= 0.3 is 5.97 Å². The second-order valence-electron chi connectivity index (χ2n) is 5.05. The molecule has 1 rings (SSSR count). The molecule has 0 bridgehead atoms. The summed E-state index contributed by atoms with van der Waals surface area (Å²) in [7, 11) is -2.32. The first-order valence-electron chi connectivity index (χ1n) is 6.08. The number of aromatic carboxylic acids is 1. The van der Waals surface area contributed by atoms with Crippen LogP contribution in [0.15, 0.2) is 20.0 Å². The molecule has 1 heterocycles. The van der Waals surface area contributed by atoms with Crippen LogP contribution in [0.5, 0.6) is 0 Å². The quantitative estimate of drug-likeness (QED) is 0.834. The third-order valence-corrected chi connectivity index (χ3v) is 5.79. The van der Waals surface area contributed by atoms with Crippen LogP contribution >= 0.6 is 15.9 Å². The summed E-state index contributed by atoms with van der Waals surface area (Å²) in [5.74, 6) is -1.38. The lowest BCUT2D eigenvalue weighted by Gasteiger charge is -2.25. The molecule has 114 valence electrons. The van der Waals surface area contributed by atoms with E-state index in [-0.39, 0.29) is 15.6 Å². The molecule has 0 saturated heterocycles. The second-order valence-corrected chi connectivity index (χ2v) is 7.74. The first-order valence-corrected chi connectivity index (χ1v) is 8.31. The predicted octanol–water partition coefficient (Wildman–Crippen LogP) is 2.80. The fraction of sp³-hybridized carbons (Fsp3) is 0.583. The molecule has 0 saturated carbocycles. The SMILES string of the molecule is CC(C)CC(C)N(C)S(=O)(=O)c1cc(C(=O)O)oc1Br. The van der Waals surface area contributed by atoms with Crippen LogP contribution in [0.25, 0.3) is 0 Å². The fourth-order valence-corrected chi connectivity index (χ4v) is 4.13. The minimum Gasteiger partial charge on any atom is -0.475 e. The Balaban J connectivity index is 3.13.